The highest BCUT2D eigenvalue weighted by molar-refractivity contribution is 7.47. The molecule has 0 aliphatic carbocycles. The van der Waals surface area contributed by atoms with Crippen LogP contribution in [0.1, 0.15) is 402 Å². The van der Waals surface area contributed by atoms with Crippen LogP contribution in [-0.4, -0.2) is 96.7 Å². The molecule has 5 atom stereocenters. The van der Waals surface area contributed by atoms with Crippen molar-refractivity contribution in [3.8, 4) is 0 Å². The molecule has 0 fully saturated rings. The first-order chi connectivity index (χ1) is 47.1. The predicted molar refractivity (Wildman–Crippen MR) is 400 cm³/mol. The third kappa shape index (κ3) is 72.4. The molecule has 0 aliphatic heterocycles. The van der Waals surface area contributed by atoms with E-state index in [2.05, 4.69) is 55.4 Å². The summed E-state index contributed by atoms with van der Waals surface area (Å²) in [6, 6.07) is 0. The Balaban J connectivity index is 5.25. The van der Waals surface area contributed by atoms with Gasteiger partial charge in [0, 0.05) is 25.7 Å². The van der Waals surface area contributed by atoms with Crippen molar-refractivity contribution >= 4 is 39.5 Å². The molecular formula is C79H154O17P2. The molecule has 3 unspecified atom stereocenters. The Morgan fingerprint density at radius 3 is 0.633 bits per heavy atom. The first-order valence-corrected chi connectivity index (χ1v) is 43.7. The summed E-state index contributed by atoms with van der Waals surface area (Å²) >= 11 is 0. The highest BCUT2D eigenvalue weighted by Gasteiger charge is 2.30. The van der Waals surface area contributed by atoms with Gasteiger partial charge in [0.1, 0.15) is 19.3 Å². The molecule has 0 heterocycles. The number of carbonyl (C=O) groups excluding carboxylic acids is 4. The van der Waals surface area contributed by atoms with Gasteiger partial charge in [0.15, 0.2) is 12.2 Å². The quantitative estimate of drug-likeness (QED) is 0.0222. The Bertz CT molecular complexity index is 1920. The second kappa shape index (κ2) is 68.2. The van der Waals surface area contributed by atoms with E-state index in [0.717, 1.165) is 114 Å². The zero-order valence-corrected chi connectivity index (χ0v) is 66.2. The van der Waals surface area contributed by atoms with Crippen LogP contribution in [0.15, 0.2) is 0 Å². The molecule has 0 amide bonds. The van der Waals surface area contributed by atoms with Crippen molar-refractivity contribution in [2.24, 2.45) is 23.7 Å². The molecule has 0 saturated heterocycles. The topological polar surface area (TPSA) is 237 Å². The van der Waals surface area contributed by atoms with Gasteiger partial charge < -0.3 is 33.8 Å². The van der Waals surface area contributed by atoms with Crippen LogP contribution in [-0.2, 0) is 65.4 Å². The van der Waals surface area contributed by atoms with Crippen molar-refractivity contribution in [2.45, 2.75) is 420 Å². The minimum Gasteiger partial charge on any atom is -0.462 e. The SMILES string of the molecule is CC(C)CCCCCCCCCCCCCCCCC(=O)O[C@H](COC(=O)CCCCCCCCCCCCCC(C)C)COP(=O)(O)OCC(O)COP(=O)(O)OC[C@@H](COC(=O)CCCCCCCCCC(C)C)OC(=O)CCCCCCCCCCCCCCCCC(C)C. The molecule has 0 saturated carbocycles. The first-order valence-electron chi connectivity index (χ1n) is 40.7. The van der Waals surface area contributed by atoms with Crippen LogP contribution < -0.4 is 0 Å². The number of rotatable bonds is 76. The van der Waals surface area contributed by atoms with Gasteiger partial charge >= 0.3 is 39.5 Å². The Labute approximate surface area is 600 Å². The minimum absolute atomic E-state index is 0.106. The van der Waals surface area contributed by atoms with Crippen molar-refractivity contribution in [1.82, 2.24) is 0 Å². The standard InChI is InChI=1S/C79H154O17P2/c1-69(2)55-47-39-31-24-18-13-9-11-15-21-28-36-45-53-61-78(83)95-74(65-89-76(81)59-51-43-35-27-23-17-20-26-33-41-49-57-71(5)6)67-93-97(85,86)91-63-73(80)64-92-98(87,88)94-68-75(66-90-77(82)60-52-44-38-30-34-42-50-58-72(7)8)96-79(84)62-54-46-37-29-22-16-12-10-14-19-25-32-40-48-56-70(3)4/h69-75,80H,9-68H2,1-8H3,(H,85,86)(H,87,88)/t73?,74-,75-/m1/s1. The Morgan fingerprint density at radius 1 is 0.255 bits per heavy atom. The van der Waals surface area contributed by atoms with E-state index in [1.165, 1.54) is 199 Å². The summed E-state index contributed by atoms with van der Waals surface area (Å²) < 4.78 is 68.6. The van der Waals surface area contributed by atoms with Gasteiger partial charge in [-0.15, -0.1) is 0 Å². The highest BCUT2D eigenvalue weighted by atomic mass is 31.2. The molecule has 0 aliphatic rings. The Kier molecular flexibility index (Phi) is 66.8. The number of hydrogen-bond acceptors (Lipinski definition) is 15. The molecule has 0 bridgehead atoms. The van der Waals surface area contributed by atoms with E-state index < -0.39 is 97.5 Å². The second-order valence-electron chi connectivity index (χ2n) is 30.4. The van der Waals surface area contributed by atoms with Gasteiger partial charge in [0.25, 0.3) is 0 Å². The van der Waals surface area contributed by atoms with Crippen molar-refractivity contribution < 1.29 is 80.2 Å². The normalized spacial score (nSPS) is 14.1. The molecule has 17 nitrogen and oxygen atoms in total. The van der Waals surface area contributed by atoms with Gasteiger partial charge in [-0.05, 0) is 49.4 Å². The van der Waals surface area contributed by atoms with Crippen LogP contribution >= 0.6 is 15.6 Å². The molecule has 582 valence electrons. The smallest absolute Gasteiger partial charge is 0.462 e. The predicted octanol–water partition coefficient (Wildman–Crippen LogP) is 23.2. The average molecular weight is 1440 g/mol. The number of hydrogen-bond donors (Lipinski definition) is 3. The Morgan fingerprint density at radius 2 is 0.429 bits per heavy atom. The van der Waals surface area contributed by atoms with E-state index in [1.54, 1.807) is 0 Å². The lowest BCUT2D eigenvalue weighted by Gasteiger charge is -2.21. The number of unbranched alkanes of at least 4 members (excludes halogenated alkanes) is 42. The fraction of sp³-hybridized carbons (Fsp3) is 0.949. The summed E-state index contributed by atoms with van der Waals surface area (Å²) in [6.45, 7) is 14.2. The van der Waals surface area contributed by atoms with Crippen molar-refractivity contribution in [3.05, 3.63) is 0 Å². The summed E-state index contributed by atoms with van der Waals surface area (Å²) in [5.41, 5.74) is 0. The van der Waals surface area contributed by atoms with E-state index in [1.807, 2.05) is 0 Å². The van der Waals surface area contributed by atoms with E-state index in [9.17, 15) is 43.2 Å². The van der Waals surface area contributed by atoms with Gasteiger partial charge in [-0.2, -0.15) is 0 Å². The largest absolute Gasteiger partial charge is 0.472 e. The third-order valence-corrected chi connectivity index (χ3v) is 20.2. The third-order valence-electron chi connectivity index (χ3n) is 18.3. The number of aliphatic hydroxyl groups is 1. The van der Waals surface area contributed by atoms with Gasteiger partial charge in [-0.1, -0.05) is 351 Å². The van der Waals surface area contributed by atoms with E-state index in [0.29, 0.717) is 31.6 Å². The number of aliphatic hydroxyl groups excluding tert-OH is 1. The Hall–Kier alpha value is -1.94. The maximum Gasteiger partial charge on any atom is 0.472 e. The molecule has 0 aromatic rings. The summed E-state index contributed by atoms with van der Waals surface area (Å²) in [5, 5.41) is 10.6. The van der Waals surface area contributed by atoms with Crippen LogP contribution in [0.2, 0.25) is 0 Å². The fourth-order valence-electron chi connectivity index (χ4n) is 12.1. The number of phosphoric acid groups is 2. The van der Waals surface area contributed by atoms with Crippen LogP contribution in [0.5, 0.6) is 0 Å². The highest BCUT2D eigenvalue weighted by Crippen LogP contribution is 2.45. The molecule has 3 N–H and O–H groups in total. The number of esters is 4. The summed E-state index contributed by atoms with van der Waals surface area (Å²) in [7, 11) is -9.92. The zero-order chi connectivity index (χ0) is 72.4. The number of carbonyl (C=O) groups is 4. The maximum absolute atomic E-state index is 13.1. The van der Waals surface area contributed by atoms with Crippen molar-refractivity contribution in [2.75, 3.05) is 39.6 Å². The summed E-state index contributed by atoms with van der Waals surface area (Å²) in [5.74, 6) is 0.950. The molecule has 0 rings (SSSR count). The molecule has 98 heavy (non-hydrogen) atoms. The van der Waals surface area contributed by atoms with Crippen LogP contribution in [0.25, 0.3) is 0 Å². The van der Waals surface area contributed by atoms with Crippen molar-refractivity contribution in [1.29, 1.82) is 0 Å². The molecular weight excluding hydrogens is 1280 g/mol. The maximum atomic E-state index is 13.1. The number of ether oxygens (including phenoxy) is 4. The minimum atomic E-state index is -4.96. The monoisotopic (exact) mass is 1440 g/mol. The van der Waals surface area contributed by atoms with Crippen LogP contribution in [0.4, 0.5) is 0 Å². The zero-order valence-electron chi connectivity index (χ0n) is 64.4. The fourth-order valence-corrected chi connectivity index (χ4v) is 13.7. The van der Waals surface area contributed by atoms with Gasteiger partial charge in [-0.3, -0.25) is 37.3 Å². The van der Waals surface area contributed by atoms with Crippen molar-refractivity contribution in [3.63, 3.8) is 0 Å². The van der Waals surface area contributed by atoms with Crippen LogP contribution in [0.3, 0.4) is 0 Å². The van der Waals surface area contributed by atoms with E-state index in [-0.39, 0.29) is 25.7 Å². The summed E-state index contributed by atoms with van der Waals surface area (Å²) in [6.07, 6.45) is 54.1. The lowest BCUT2D eigenvalue weighted by atomic mass is 10.0. The van der Waals surface area contributed by atoms with Gasteiger partial charge in [-0.25, -0.2) is 9.13 Å². The lowest BCUT2D eigenvalue weighted by Crippen LogP contribution is -2.30. The van der Waals surface area contributed by atoms with Gasteiger partial charge in [0.2, 0.25) is 0 Å². The second-order valence-corrected chi connectivity index (χ2v) is 33.3. The first kappa shape index (κ1) is 96.1. The summed E-state index contributed by atoms with van der Waals surface area (Å²) in [4.78, 5) is 72.9. The number of phosphoric ester groups is 2. The average Bonchev–Trinajstić information content (AvgIpc) is 0.977. The molecule has 19 heteroatoms. The molecule has 0 radical (unpaired) electrons. The lowest BCUT2D eigenvalue weighted by molar-refractivity contribution is -0.161. The molecule has 0 aromatic heterocycles. The van der Waals surface area contributed by atoms with Crippen LogP contribution in [0, 0.1) is 23.7 Å². The van der Waals surface area contributed by atoms with E-state index >= 15 is 0 Å². The van der Waals surface area contributed by atoms with Gasteiger partial charge in [0.05, 0.1) is 26.4 Å². The molecule has 0 aromatic carbocycles. The molecule has 0 spiro atoms. The van der Waals surface area contributed by atoms with E-state index in [4.69, 9.17) is 37.0 Å².